The Hall–Kier alpha value is -6.55. The van der Waals surface area contributed by atoms with Crippen molar-refractivity contribution in [2.24, 2.45) is 4.99 Å². The number of hydrogen-bond donors (Lipinski definition) is 0. The molecule has 0 amide bonds. The topological polar surface area (TPSA) is 137 Å². The molecule has 1 fully saturated rings. The fourth-order valence-corrected chi connectivity index (χ4v) is 6.38. The van der Waals surface area contributed by atoms with Crippen molar-refractivity contribution in [1.82, 2.24) is 9.78 Å². The predicted molar refractivity (Wildman–Crippen MR) is 202 cm³/mol. The molecule has 4 aromatic carbocycles. The van der Waals surface area contributed by atoms with Gasteiger partial charge in [-0.3, -0.25) is 4.99 Å². The monoisotopic (exact) mass is 815 g/mol. The molecule has 1 saturated heterocycles. The zero-order chi connectivity index (χ0) is 41.5. The van der Waals surface area contributed by atoms with E-state index >= 15 is 4.39 Å². The zero-order valence-electron chi connectivity index (χ0n) is 31.4. The highest BCUT2D eigenvalue weighted by Crippen LogP contribution is 2.40. The molecule has 6 atom stereocenters. The SMILES string of the molecule is COc1ccc(Cc2c(C(F)(F)F)nn(CCC3C=N3)c2OC2OC(COC(=O)c3ccccc3)C(F)C(OC(=O)c3ccccc3)C2OC(=O)c2ccccc2)cc1. The van der Waals surface area contributed by atoms with Gasteiger partial charge < -0.3 is 28.4 Å². The Bertz CT molecular complexity index is 2250. The largest absolute Gasteiger partial charge is 0.497 e. The Morgan fingerprint density at radius 3 is 1.83 bits per heavy atom. The summed E-state index contributed by atoms with van der Waals surface area (Å²) in [5, 5.41) is 3.94. The number of aryl methyl sites for hydroxylation is 1. The molecule has 0 N–H and O–H groups in total. The van der Waals surface area contributed by atoms with E-state index < -0.39 is 78.6 Å². The van der Waals surface area contributed by atoms with Crippen LogP contribution in [0.25, 0.3) is 0 Å². The maximum Gasteiger partial charge on any atom is 0.435 e. The van der Waals surface area contributed by atoms with Crippen molar-refractivity contribution in [2.45, 2.75) is 62.4 Å². The molecule has 16 heteroatoms. The van der Waals surface area contributed by atoms with Crippen molar-refractivity contribution >= 4 is 24.1 Å². The molecule has 12 nitrogen and oxygen atoms in total. The van der Waals surface area contributed by atoms with Crippen LogP contribution in [-0.4, -0.2) is 84.4 Å². The van der Waals surface area contributed by atoms with Crippen molar-refractivity contribution in [3.63, 3.8) is 0 Å². The number of aromatic nitrogens is 2. The van der Waals surface area contributed by atoms with Crippen LogP contribution in [0.1, 0.15) is 54.3 Å². The van der Waals surface area contributed by atoms with Gasteiger partial charge in [0.1, 0.15) is 18.5 Å². The van der Waals surface area contributed by atoms with Crippen LogP contribution in [0, 0.1) is 0 Å². The van der Waals surface area contributed by atoms with Gasteiger partial charge in [0.2, 0.25) is 18.3 Å². The number of ether oxygens (including phenoxy) is 6. The van der Waals surface area contributed by atoms with E-state index in [1.54, 1.807) is 85.1 Å². The maximum atomic E-state index is 16.9. The smallest absolute Gasteiger partial charge is 0.435 e. The van der Waals surface area contributed by atoms with E-state index in [4.69, 9.17) is 28.4 Å². The first kappa shape index (κ1) is 40.6. The van der Waals surface area contributed by atoms with E-state index in [1.165, 1.54) is 43.5 Å². The Kier molecular flexibility index (Phi) is 12.4. The molecule has 2 aliphatic heterocycles. The summed E-state index contributed by atoms with van der Waals surface area (Å²) >= 11 is 0. The lowest BCUT2D eigenvalue weighted by Gasteiger charge is -2.42. The van der Waals surface area contributed by atoms with Gasteiger partial charge in [-0.05, 0) is 60.5 Å². The average Bonchev–Trinajstić information content (AvgIpc) is 4.03. The van der Waals surface area contributed by atoms with Gasteiger partial charge >= 0.3 is 24.1 Å². The lowest BCUT2D eigenvalue weighted by molar-refractivity contribution is -0.265. The number of benzene rings is 4. The third kappa shape index (κ3) is 9.95. The Morgan fingerprint density at radius 2 is 1.31 bits per heavy atom. The third-order valence-electron chi connectivity index (χ3n) is 9.50. The molecule has 0 radical (unpaired) electrons. The molecule has 7 rings (SSSR count). The number of carbonyl (C=O) groups is 3. The number of alkyl halides is 4. The third-order valence-corrected chi connectivity index (χ3v) is 9.50. The normalized spacial score (nSPS) is 21.0. The van der Waals surface area contributed by atoms with Crippen LogP contribution in [0.2, 0.25) is 0 Å². The first-order valence-corrected chi connectivity index (χ1v) is 18.5. The van der Waals surface area contributed by atoms with Crippen molar-refractivity contribution in [3.8, 4) is 11.6 Å². The molecule has 1 aromatic heterocycles. The summed E-state index contributed by atoms with van der Waals surface area (Å²) in [4.78, 5) is 44.3. The summed E-state index contributed by atoms with van der Waals surface area (Å²) in [6, 6.07) is 29.1. The highest BCUT2D eigenvalue weighted by molar-refractivity contribution is 5.91. The summed E-state index contributed by atoms with van der Waals surface area (Å²) in [7, 11) is 1.45. The van der Waals surface area contributed by atoms with Gasteiger partial charge in [-0.15, -0.1) is 0 Å². The second-order valence-corrected chi connectivity index (χ2v) is 13.6. The highest BCUT2D eigenvalue weighted by atomic mass is 19.4. The molecule has 3 heterocycles. The molecular weight excluding hydrogens is 778 g/mol. The number of nitrogens with zero attached hydrogens (tertiary/aromatic N) is 3. The standard InChI is InChI=1S/C43H37F4N3O9/c1-54-31-19-17-26(18-20-31)23-32-37(43(45,46)47)49-50(22-21-30-24-48-30)38(32)59-42-36(58-41(53)29-15-9-4-10-16-29)35(57-40(52)28-13-7-3-8-14-28)34(44)33(56-42)25-55-39(51)27-11-5-2-6-12-27/h2-20,24,30,33-36,42H,21-23,25H2,1H3. The fraction of sp³-hybridized carbons (Fsp3) is 0.279. The predicted octanol–water partition coefficient (Wildman–Crippen LogP) is 7.09. The van der Waals surface area contributed by atoms with Crippen LogP contribution in [-0.2, 0) is 38.1 Å². The van der Waals surface area contributed by atoms with Gasteiger partial charge in [0.05, 0.1) is 35.4 Å². The van der Waals surface area contributed by atoms with Gasteiger partial charge in [0.15, 0.2) is 18.0 Å². The summed E-state index contributed by atoms with van der Waals surface area (Å²) in [5.41, 5.74) is -1.09. The van der Waals surface area contributed by atoms with Crippen LogP contribution in [0.5, 0.6) is 11.6 Å². The minimum Gasteiger partial charge on any atom is -0.497 e. The van der Waals surface area contributed by atoms with E-state index in [0.29, 0.717) is 11.3 Å². The molecule has 2 aliphatic rings. The van der Waals surface area contributed by atoms with Gasteiger partial charge in [-0.2, -0.15) is 18.3 Å². The Morgan fingerprint density at radius 1 is 0.763 bits per heavy atom. The number of rotatable bonds is 15. The molecule has 306 valence electrons. The van der Waals surface area contributed by atoms with Gasteiger partial charge in [-0.1, -0.05) is 66.7 Å². The molecule has 0 saturated carbocycles. The van der Waals surface area contributed by atoms with E-state index in [0.717, 1.165) is 4.68 Å². The van der Waals surface area contributed by atoms with Crippen molar-refractivity contribution < 1.29 is 60.4 Å². The number of aliphatic imine (C=N–C) groups is 1. The molecular formula is C43H37F4N3O9. The zero-order valence-corrected chi connectivity index (χ0v) is 31.4. The molecule has 0 bridgehead atoms. The van der Waals surface area contributed by atoms with Crippen LogP contribution in [0.4, 0.5) is 17.6 Å². The maximum absolute atomic E-state index is 16.9. The van der Waals surface area contributed by atoms with Gasteiger partial charge in [-0.25, -0.2) is 23.5 Å². The van der Waals surface area contributed by atoms with E-state index in [2.05, 4.69) is 10.1 Å². The summed E-state index contributed by atoms with van der Waals surface area (Å²) in [6.45, 7) is -0.874. The quantitative estimate of drug-likeness (QED) is 0.0612. The van der Waals surface area contributed by atoms with Crippen molar-refractivity contribution in [3.05, 3.63) is 149 Å². The lowest BCUT2D eigenvalue weighted by Crippen LogP contribution is -2.61. The minimum atomic E-state index is -4.97. The number of carbonyl (C=O) groups excluding carboxylic acids is 3. The Balaban J connectivity index is 1.31. The summed E-state index contributed by atoms with van der Waals surface area (Å²) in [6.07, 6.45) is -13.4. The molecule has 0 aliphatic carbocycles. The van der Waals surface area contributed by atoms with Crippen LogP contribution in [0.15, 0.2) is 120 Å². The van der Waals surface area contributed by atoms with E-state index in [1.807, 2.05) is 0 Å². The fourth-order valence-electron chi connectivity index (χ4n) is 6.38. The first-order valence-electron chi connectivity index (χ1n) is 18.5. The summed E-state index contributed by atoms with van der Waals surface area (Å²) in [5.74, 6) is -2.84. The Labute approximate surface area is 335 Å². The van der Waals surface area contributed by atoms with Gasteiger partial charge in [0, 0.05) is 19.2 Å². The average molecular weight is 816 g/mol. The first-order chi connectivity index (χ1) is 28.5. The van der Waals surface area contributed by atoms with E-state index in [-0.39, 0.29) is 42.1 Å². The number of halogens is 4. The van der Waals surface area contributed by atoms with E-state index in [9.17, 15) is 27.6 Å². The second kappa shape index (κ2) is 17.9. The lowest BCUT2D eigenvalue weighted by atomic mass is 9.99. The number of hydrogen-bond acceptors (Lipinski definition) is 11. The molecule has 0 spiro atoms. The molecule has 59 heavy (non-hydrogen) atoms. The van der Waals surface area contributed by atoms with Crippen LogP contribution >= 0.6 is 0 Å². The van der Waals surface area contributed by atoms with Crippen molar-refractivity contribution in [2.75, 3.05) is 13.7 Å². The summed E-state index contributed by atoms with van der Waals surface area (Å²) < 4.78 is 97.1. The van der Waals surface area contributed by atoms with Gasteiger partial charge in [0.25, 0.3) is 0 Å². The van der Waals surface area contributed by atoms with Crippen LogP contribution < -0.4 is 9.47 Å². The molecule has 5 aromatic rings. The van der Waals surface area contributed by atoms with Crippen molar-refractivity contribution in [1.29, 1.82) is 0 Å². The number of methoxy groups -OCH3 is 1. The molecule has 6 unspecified atom stereocenters. The van der Waals surface area contributed by atoms with Crippen LogP contribution in [0.3, 0.4) is 0 Å². The second-order valence-electron chi connectivity index (χ2n) is 13.6. The number of esters is 3. The minimum absolute atomic E-state index is 0.0146. The highest BCUT2D eigenvalue weighted by Gasteiger charge is 2.53.